The van der Waals surface area contributed by atoms with Crippen molar-refractivity contribution in [2.24, 2.45) is 0 Å². The summed E-state index contributed by atoms with van der Waals surface area (Å²) < 4.78 is 42.1. The molecule has 8 heteroatoms. The van der Waals surface area contributed by atoms with Gasteiger partial charge in [0.2, 0.25) is 5.09 Å². The van der Waals surface area contributed by atoms with E-state index in [4.69, 9.17) is 4.42 Å². The van der Waals surface area contributed by atoms with E-state index in [0.29, 0.717) is 11.5 Å². The SMILES string of the molecule is CN(C)S(=O)(=O)c1ccc(CS(=O)CCc2cccs2)o1. The van der Waals surface area contributed by atoms with Crippen molar-refractivity contribution in [3.63, 3.8) is 0 Å². The Kier molecular flexibility index (Phi) is 5.37. The van der Waals surface area contributed by atoms with Gasteiger partial charge in [0.05, 0.1) is 5.75 Å². The van der Waals surface area contributed by atoms with Gasteiger partial charge in [0.25, 0.3) is 10.0 Å². The minimum Gasteiger partial charge on any atom is -0.447 e. The lowest BCUT2D eigenvalue weighted by molar-refractivity contribution is 0.407. The molecule has 2 aromatic rings. The maximum absolute atomic E-state index is 12.0. The van der Waals surface area contributed by atoms with Crippen molar-refractivity contribution >= 4 is 32.2 Å². The molecule has 0 N–H and O–H groups in total. The second-order valence-electron chi connectivity index (χ2n) is 4.63. The highest BCUT2D eigenvalue weighted by molar-refractivity contribution is 7.89. The van der Waals surface area contributed by atoms with Crippen LogP contribution in [0, 0.1) is 0 Å². The molecule has 2 aromatic heterocycles. The summed E-state index contributed by atoms with van der Waals surface area (Å²) >= 11 is 1.64. The van der Waals surface area contributed by atoms with Gasteiger partial charge in [-0.1, -0.05) is 6.07 Å². The fraction of sp³-hybridized carbons (Fsp3) is 0.385. The van der Waals surface area contributed by atoms with E-state index in [1.54, 1.807) is 17.4 Å². The fourth-order valence-electron chi connectivity index (χ4n) is 1.65. The van der Waals surface area contributed by atoms with Crippen molar-refractivity contribution < 1.29 is 17.0 Å². The van der Waals surface area contributed by atoms with Gasteiger partial charge in [-0.2, -0.15) is 0 Å². The monoisotopic (exact) mass is 347 g/mol. The first-order valence-electron chi connectivity index (χ1n) is 6.28. The van der Waals surface area contributed by atoms with Gasteiger partial charge in [0.1, 0.15) is 5.76 Å². The number of hydrogen-bond acceptors (Lipinski definition) is 5. The Morgan fingerprint density at radius 2 is 2.05 bits per heavy atom. The minimum absolute atomic E-state index is 0.113. The summed E-state index contributed by atoms with van der Waals surface area (Å²) in [6.07, 6.45) is 0.758. The highest BCUT2D eigenvalue weighted by Gasteiger charge is 2.21. The molecule has 0 spiro atoms. The number of thiophene rings is 1. The van der Waals surface area contributed by atoms with Crippen molar-refractivity contribution in [2.75, 3.05) is 19.8 Å². The van der Waals surface area contributed by atoms with Gasteiger partial charge in [-0.25, -0.2) is 12.7 Å². The highest BCUT2D eigenvalue weighted by Crippen LogP contribution is 2.18. The average molecular weight is 347 g/mol. The van der Waals surface area contributed by atoms with Crippen molar-refractivity contribution in [3.8, 4) is 0 Å². The van der Waals surface area contributed by atoms with E-state index < -0.39 is 20.8 Å². The topological polar surface area (TPSA) is 67.6 Å². The third-order valence-corrected chi connectivity index (χ3v) is 6.72. The van der Waals surface area contributed by atoms with E-state index >= 15 is 0 Å². The molecule has 0 radical (unpaired) electrons. The molecular weight excluding hydrogens is 330 g/mol. The van der Waals surface area contributed by atoms with Crippen LogP contribution in [0.1, 0.15) is 10.6 Å². The molecule has 0 fully saturated rings. The molecule has 0 saturated heterocycles. The van der Waals surface area contributed by atoms with E-state index in [-0.39, 0.29) is 10.8 Å². The Bertz CT molecular complexity index is 702. The van der Waals surface area contributed by atoms with Gasteiger partial charge in [-0.05, 0) is 30.0 Å². The second kappa shape index (κ2) is 6.87. The normalized spacial score (nSPS) is 13.7. The second-order valence-corrected chi connectivity index (χ2v) is 9.32. The van der Waals surface area contributed by atoms with Gasteiger partial charge in [0, 0.05) is 35.5 Å². The smallest absolute Gasteiger partial charge is 0.275 e. The van der Waals surface area contributed by atoms with Crippen LogP contribution in [0.3, 0.4) is 0 Å². The number of aryl methyl sites for hydroxylation is 1. The summed E-state index contributed by atoms with van der Waals surface area (Å²) in [5, 5.41) is 1.88. The molecule has 5 nitrogen and oxygen atoms in total. The van der Waals surface area contributed by atoms with Crippen molar-refractivity contribution in [1.29, 1.82) is 0 Å². The van der Waals surface area contributed by atoms with Crippen LogP contribution < -0.4 is 0 Å². The zero-order valence-corrected chi connectivity index (χ0v) is 14.3. The molecular formula is C13H17NO4S3. The van der Waals surface area contributed by atoms with Gasteiger partial charge >= 0.3 is 0 Å². The standard InChI is InChI=1S/C13H17NO4S3/c1-14(2)21(16,17)13-6-5-11(18-13)10-20(15)9-7-12-4-3-8-19-12/h3-6,8H,7,9-10H2,1-2H3. The molecule has 0 aliphatic rings. The quantitative estimate of drug-likeness (QED) is 0.769. The first-order valence-corrected chi connectivity index (χ1v) is 10.1. The lowest BCUT2D eigenvalue weighted by Crippen LogP contribution is -2.21. The molecule has 0 aliphatic heterocycles. The van der Waals surface area contributed by atoms with E-state index in [1.807, 2.05) is 17.5 Å². The van der Waals surface area contributed by atoms with E-state index in [2.05, 4.69) is 0 Å². The van der Waals surface area contributed by atoms with E-state index in [1.165, 1.54) is 25.0 Å². The number of furan rings is 1. The molecule has 0 amide bonds. The highest BCUT2D eigenvalue weighted by atomic mass is 32.2. The molecule has 0 bridgehead atoms. The molecule has 116 valence electrons. The van der Waals surface area contributed by atoms with Crippen LogP contribution in [0.25, 0.3) is 0 Å². The number of sulfonamides is 1. The molecule has 0 saturated carbocycles. The maximum atomic E-state index is 12.0. The van der Waals surface area contributed by atoms with Crippen LogP contribution in [0.5, 0.6) is 0 Å². The van der Waals surface area contributed by atoms with Crippen LogP contribution in [0.4, 0.5) is 0 Å². The van der Waals surface area contributed by atoms with E-state index in [9.17, 15) is 12.6 Å². The van der Waals surface area contributed by atoms with Crippen LogP contribution in [-0.4, -0.2) is 36.8 Å². The third kappa shape index (κ3) is 4.26. The van der Waals surface area contributed by atoms with Gasteiger partial charge in [-0.3, -0.25) is 4.21 Å². The Hall–Kier alpha value is -0.960. The summed E-state index contributed by atoms with van der Waals surface area (Å²) in [5.41, 5.74) is 0. The largest absolute Gasteiger partial charge is 0.447 e. The number of rotatable bonds is 7. The first-order chi connectivity index (χ1) is 9.89. The summed E-state index contributed by atoms with van der Waals surface area (Å²) in [6, 6.07) is 6.95. The zero-order chi connectivity index (χ0) is 15.5. The summed E-state index contributed by atoms with van der Waals surface area (Å²) in [6.45, 7) is 0. The first kappa shape index (κ1) is 16.4. The van der Waals surface area contributed by atoms with Crippen LogP contribution in [-0.2, 0) is 33.0 Å². The molecule has 21 heavy (non-hydrogen) atoms. The van der Waals surface area contributed by atoms with Gasteiger partial charge in [0.15, 0.2) is 0 Å². The lowest BCUT2D eigenvalue weighted by atomic mass is 10.4. The maximum Gasteiger partial charge on any atom is 0.275 e. The molecule has 0 aromatic carbocycles. The van der Waals surface area contributed by atoms with E-state index in [0.717, 1.165) is 10.7 Å². The Morgan fingerprint density at radius 3 is 2.67 bits per heavy atom. The average Bonchev–Trinajstić information content (AvgIpc) is 3.07. The molecule has 2 heterocycles. The summed E-state index contributed by atoms with van der Waals surface area (Å²) in [4.78, 5) is 1.19. The van der Waals surface area contributed by atoms with Crippen molar-refractivity contribution in [3.05, 3.63) is 40.3 Å². The van der Waals surface area contributed by atoms with Crippen LogP contribution in [0.15, 0.2) is 39.2 Å². The number of nitrogens with zero attached hydrogens (tertiary/aromatic N) is 1. The predicted molar refractivity (Wildman–Crippen MR) is 84.3 cm³/mol. The molecule has 2 rings (SSSR count). The van der Waals surface area contributed by atoms with Gasteiger partial charge < -0.3 is 4.42 Å². The molecule has 1 unspecified atom stereocenters. The Balaban J connectivity index is 1.95. The Morgan fingerprint density at radius 1 is 1.29 bits per heavy atom. The van der Waals surface area contributed by atoms with Crippen LogP contribution >= 0.6 is 11.3 Å². The molecule has 1 atom stereocenters. The van der Waals surface area contributed by atoms with Crippen LogP contribution in [0.2, 0.25) is 0 Å². The summed E-state index contributed by atoms with van der Waals surface area (Å²) in [5.74, 6) is 1.20. The predicted octanol–water partition coefficient (Wildman–Crippen LogP) is 2.08. The Labute approximate surface area is 131 Å². The molecule has 0 aliphatic carbocycles. The minimum atomic E-state index is -3.57. The van der Waals surface area contributed by atoms with Gasteiger partial charge in [-0.15, -0.1) is 11.3 Å². The zero-order valence-electron chi connectivity index (χ0n) is 11.8. The number of hydrogen-bond donors (Lipinski definition) is 0. The lowest BCUT2D eigenvalue weighted by Gasteiger charge is -2.07. The van der Waals surface area contributed by atoms with Crippen molar-refractivity contribution in [1.82, 2.24) is 4.31 Å². The third-order valence-electron chi connectivity index (χ3n) is 2.83. The van der Waals surface area contributed by atoms with Crippen molar-refractivity contribution in [2.45, 2.75) is 17.3 Å². The fourth-order valence-corrected chi connectivity index (χ4v) is 4.37. The summed E-state index contributed by atoms with van der Waals surface area (Å²) in [7, 11) is -1.76.